The van der Waals surface area contributed by atoms with E-state index in [1.165, 1.54) is 24.3 Å². The Bertz CT molecular complexity index is 828. The lowest BCUT2D eigenvalue weighted by molar-refractivity contribution is -0.384. The number of carbonyl (C=O) groups is 1. The van der Waals surface area contributed by atoms with E-state index in [1.807, 2.05) is 0 Å². The molecule has 1 amide bonds. The van der Waals surface area contributed by atoms with Crippen LogP contribution in [0.2, 0.25) is 15.6 Å². The maximum absolute atomic E-state index is 12.8. The lowest BCUT2D eigenvalue weighted by Crippen LogP contribution is -2.60. The molecule has 0 heterocycles. The van der Waals surface area contributed by atoms with Crippen molar-refractivity contribution in [3.05, 3.63) is 34.4 Å². The first-order chi connectivity index (χ1) is 15.0. The topological polar surface area (TPSA) is 102 Å². The van der Waals surface area contributed by atoms with Crippen LogP contribution in [0.5, 0.6) is 0 Å². The van der Waals surface area contributed by atoms with Crippen molar-refractivity contribution in [1.29, 1.82) is 0 Å². The molecular formula is C25H42N2O5Si. The van der Waals surface area contributed by atoms with E-state index in [2.05, 4.69) is 67.6 Å². The zero-order chi connectivity index (χ0) is 25.4. The maximum Gasteiger partial charge on any atom is 0.411 e. The third-order valence-electron chi connectivity index (χ3n) is 7.66. The summed E-state index contributed by atoms with van der Waals surface area (Å²) in [7, 11) is -2.86. The van der Waals surface area contributed by atoms with E-state index in [1.54, 1.807) is 0 Å². The van der Waals surface area contributed by atoms with Crippen molar-refractivity contribution < 1.29 is 19.3 Å². The van der Waals surface area contributed by atoms with Crippen LogP contribution in [-0.4, -0.2) is 30.2 Å². The average Bonchev–Trinajstić information content (AvgIpc) is 2.67. The number of nitro groups is 1. The first-order valence-corrected chi connectivity index (χ1v) is 14.0. The summed E-state index contributed by atoms with van der Waals surface area (Å²) in [6.45, 7) is 19.4. The van der Waals surface area contributed by atoms with Gasteiger partial charge in [-0.25, -0.2) is 4.79 Å². The highest BCUT2D eigenvalue weighted by Gasteiger charge is 2.61. The molecule has 4 atom stereocenters. The van der Waals surface area contributed by atoms with Crippen LogP contribution in [0.3, 0.4) is 0 Å². The Kier molecular flexibility index (Phi) is 8.06. The molecule has 0 bridgehead atoms. The molecule has 2 rings (SSSR count). The minimum Gasteiger partial charge on any atom is -0.446 e. The monoisotopic (exact) mass is 478 g/mol. The summed E-state index contributed by atoms with van der Waals surface area (Å²) in [5.41, 5.74) is 0.503. The van der Waals surface area contributed by atoms with Gasteiger partial charge in [-0.05, 0) is 58.3 Å². The van der Waals surface area contributed by atoms with Crippen LogP contribution < -0.4 is 5.32 Å². The molecule has 0 radical (unpaired) electrons. The predicted octanol–water partition coefficient (Wildman–Crippen LogP) is 7.12. The normalized spacial score (nSPS) is 24.5. The van der Waals surface area contributed by atoms with Crippen LogP contribution in [0, 0.1) is 27.9 Å². The van der Waals surface area contributed by atoms with Crippen molar-refractivity contribution in [3.63, 3.8) is 0 Å². The minimum absolute atomic E-state index is 0.0257. The van der Waals surface area contributed by atoms with Crippen molar-refractivity contribution in [2.24, 2.45) is 17.8 Å². The summed E-state index contributed by atoms with van der Waals surface area (Å²) in [6, 6.07) is 5.69. The molecule has 1 aliphatic rings. The van der Waals surface area contributed by atoms with E-state index >= 15 is 0 Å². The van der Waals surface area contributed by atoms with Crippen LogP contribution in [0.25, 0.3) is 0 Å². The van der Waals surface area contributed by atoms with Gasteiger partial charge < -0.3 is 9.53 Å². The molecule has 0 aromatic heterocycles. The van der Waals surface area contributed by atoms with E-state index in [9.17, 15) is 19.7 Å². The van der Waals surface area contributed by atoms with Gasteiger partial charge in [0.1, 0.15) is 6.10 Å². The van der Waals surface area contributed by atoms with Crippen molar-refractivity contribution in [3.8, 4) is 0 Å². The molecule has 1 aromatic carbocycles. The minimum atomic E-state index is -2.86. The second-order valence-electron chi connectivity index (χ2n) is 12.1. The van der Waals surface area contributed by atoms with Crippen LogP contribution >= 0.6 is 0 Å². The molecule has 1 saturated carbocycles. The first kappa shape index (κ1) is 27.3. The van der Waals surface area contributed by atoms with Crippen molar-refractivity contribution in [2.75, 3.05) is 5.32 Å². The van der Waals surface area contributed by atoms with Crippen molar-refractivity contribution in [1.82, 2.24) is 0 Å². The smallest absolute Gasteiger partial charge is 0.411 e. The molecule has 1 fully saturated rings. The van der Waals surface area contributed by atoms with E-state index in [0.717, 1.165) is 12.8 Å². The fraction of sp³-hybridized carbons (Fsp3) is 0.720. The maximum atomic E-state index is 12.8. The van der Waals surface area contributed by atoms with Gasteiger partial charge >= 0.3 is 6.09 Å². The van der Waals surface area contributed by atoms with E-state index in [4.69, 9.17) is 4.74 Å². The quantitative estimate of drug-likeness (QED) is 0.266. The number of nitrogens with one attached hydrogen (secondary N) is 1. The largest absolute Gasteiger partial charge is 0.446 e. The summed E-state index contributed by atoms with van der Waals surface area (Å²) in [4.78, 5) is 35.5. The third kappa shape index (κ3) is 5.77. The molecule has 2 N–H and O–H groups in total. The number of nitro benzene ring substituents is 1. The second kappa shape index (κ2) is 9.74. The number of ether oxygens (including phenoxy) is 1. The van der Waals surface area contributed by atoms with Crippen LogP contribution in [0.4, 0.5) is 16.2 Å². The number of benzene rings is 1. The molecule has 1 aromatic rings. The SMILES string of the molecule is CC(C)[C@H]1C[C@@H]([Si](O)(C(C)(C)C)C(C)(C)C)[C@@H](C)[C@H](OC(=O)Nc2ccc([N+](=O)[O-])cc2)C1. The number of carbonyl (C=O) groups excluding carboxylic acids is 1. The molecule has 7 nitrogen and oxygen atoms in total. The molecule has 0 unspecified atom stereocenters. The Labute approximate surface area is 199 Å². The molecule has 1 aliphatic carbocycles. The lowest BCUT2D eigenvalue weighted by Gasteiger charge is -2.56. The van der Waals surface area contributed by atoms with E-state index < -0.39 is 19.3 Å². The third-order valence-corrected chi connectivity index (χ3v) is 14.1. The zero-order valence-corrected chi connectivity index (χ0v) is 22.6. The summed E-state index contributed by atoms with van der Waals surface area (Å²) in [5.74, 6) is 0.798. The lowest BCUT2D eigenvalue weighted by atomic mass is 9.75. The molecule has 186 valence electrons. The van der Waals surface area contributed by atoms with Crippen molar-refractivity contribution >= 4 is 25.8 Å². The first-order valence-electron chi connectivity index (χ1n) is 11.9. The van der Waals surface area contributed by atoms with E-state index in [0.29, 0.717) is 17.5 Å². The van der Waals surface area contributed by atoms with Crippen LogP contribution in [0.1, 0.15) is 75.2 Å². The van der Waals surface area contributed by atoms with Gasteiger partial charge in [-0.1, -0.05) is 62.3 Å². The van der Waals surface area contributed by atoms with Gasteiger partial charge in [-0.2, -0.15) is 0 Å². The average molecular weight is 479 g/mol. The fourth-order valence-corrected chi connectivity index (χ4v) is 11.9. The van der Waals surface area contributed by atoms with Crippen LogP contribution in [0.15, 0.2) is 24.3 Å². The Balaban J connectivity index is 2.28. The zero-order valence-electron chi connectivity index (χ0n) is 21.6. The summed E-state index contributed by atoms with van der Waals surface area (Å²) in [6.07, 6.45) is 0.834. The summed E-state index contributed by atoms with van der Waals surface area (Å²) < 4.78 is 5.94. The van der Waals surface area contributed by atoms with E-state index in [-0.39, 0.29) is 33.3 Å². The molecule has 8 heteroatoms. The number of anilines is 1. The van der Waals surface area contributed by atoms with Gasteiger partial charge in [0.25, 0.3) is 5.69 Å². The number of amides is 1. The number of non-ortho nitro benzene ring substituents is 1. The highest BCUT2D eigenvalue weighted by molar-refractivity contribution is 6.79. The Morgan fingerprint density at radius 1 is 1.12 bits per heavy atom. The molecule has 0 spiro atoms. The predicted molar refractivity (Wildman–Crippen MR) is 135 cm³/mol. The second-order valence-corrected chi connectivity index (χ2v) is 17.4. The highest BCUT2D eigenvalue weighted by atomic mass is 28.4. The Morgan fingerprint density at radius 2 is 1.64 bits per heavy atom. The highest BCUT2D eigenvalue weighted by Crippen LogP contribution is 2.61. The fourth-order valence-electron chi connectivity index (χ4n) is 5.85. The van der Waals surface area contributed by atoms with Gasteiger partial charge in [-0.15, -0.1) is 0 Å². The van der Waals surface area contributed by atoms with Gasteiger partial charge in [0.05, 0.1) is 4.92 Å². The van der Waals surface area contributed by atoms with Crippen molar-refractivity contribution in [2.45, 2.75) is 96.9 Å². The molecule has 0 aliphatic heterocycles. The van der Waals surface area contributed by atoms with Gasteiger partial charge in [0.2, 0.25) is 8.32 Å². The molecule has 0 saturated heterocycles. The van der Waals surface area contributed by atoms with Gasteiger partial charge in [0, 0.05) is 17.8 Å². The standard InChI is InChI=1S/C25H42N2O5Si/c1-16(2)18-14-21(32-23(28)26-19-10-12-20(13-11-19)27(29)30)17(3)22(15-18)33(31,24(4,5)6)25(7,8)9/h10-13,16-18,21-22,31H,14-15H2,1-9H3,(H,26,28)/t17-,18+,21+,22+/m0/s1. The molecular weight excluding hydrogens is 436 g/mol. The number of hydrogen-bond donors (Lipinski definition) is 2. The summed E-state index contributed by atoms with van der Waals surface area (Å²) >= 11 is 0. The Hall–Kier alpha value is -1.93. The number of rotatable bonds is 5. The number of hydrogen-bond acceptors (Lipinski definition) is 5. The van der Waals surface area contributed by atoms with Crippen LogP contribution in [-0.2, 0) is 4.74 Å². The Morgan fingerprint density at radius 3 is 2.06 bits per heavy atom. The van der Waals surface area contributed by atoms with Gasteiger partial charge in [-0.3, -0.25) is 15.4 Å². The van der Waals surface area contributed by atoms with Gasteiger partial charge in [0.15, 0.2) is 0 Å². The molecule has 33 heavy (non-hydrogen) atoms. The number of nitrogens with zero attached hydrogens (tertiary/aromatic N) is 1. The summed E-state index contributed by atoms with van der Waals surface area (Å²) in [5, 5.41) is 13.1.